The van der Waals surface area contributed by atoms with E-state index in [1.54, 1.807) is 4.90 Å². The molecule has 2 bridgehead atoms. The van der Waals surface area contributed by atoms with Crippen molar-refractivity contribution in [3.8, 4) is 17.0 Å². The van der Waals surface area contributed by atoms with Crippen LogP contribution in [0.3, 0.4) is 0 Å². The van der Waals surface area contributed by atoms with Crippen molar-refractivity contribution in [1.29, 1.82) is 0 Å². The number of hydrogen-bond donors (Lipinski definition) is 2. The van der Waals surface area contributed by atoms with Gasteiger partial charge in [0.1, 0.15) is 11.9 Å². The molecule has 1 saturated carbocycles. The van der Waals surface area contributed by atoms with Gasteiger partial charge in [-0.05, 0) is 36.5 Å². The van der Waals surface area contributed by atoms with Gasteiger partial charge in [-0.15, -0.1) is 0 Å². The molecule has 2 aromatic carbocycles. The highest BCUT2D eigenvalue weighted by Gasteiger charge is 2.59. The number of anilines is 1. The first-order chi connectivity index (χ1) is 19.2. The highest BCUT2D eigenvalue weighted by Crippen LogP contribution is 2.50. The van der Waals surface area contributed by atoms with Crippen molar-refractivity contribution in [1.82, 2.24) is 10.3 Å². The Morgan fingerprint density at radius 1 is 1.15 bits per heavy atom. The maximum atomic E-state index is 14.8. The Morgan fingerprint density at radius 3 is 2.52 bits per heavy atom. The van der Waals surface area contributed by atoms with Crippen molar-refractivity contribution in [2.24, 2.45) is 5.92 Å². The molecule has 212 valence electrons. The average molecular weight is 560 g/mol. The number of nitrogens with zero attached hydrogens (tertiary/aromatic N) is 2. The lowest BCUT2D eigenvalue weighted by Gasteiger charge is -2.62. The minimum Gasteiger partial charge on any atom is -0.494 e. The Balaban J connectivity index is 1.53. The summed E-state index contributed by atoms with van der Waals surface area (Å²) in [6.07, 6.45) is -2.64. The summed E-state index contributed by atoms with van der Waals surface area (Å²) in [4.78, 5) is 19.0. The van der Waals surface area contributed by atoms with E-state index in [9.17, 15) is 27.5 Å². The van der Waals surface area contributed by atoms with E-state index in [0.29, 0.717) is 18.5 Å². The number of piperidine rings is 2. The van der Waals surface area contributed by atoms with Crippen LogP contribution >= 0.6 is 0 Å². The summed E-state index contributed by atoms with van der Waals surface area (Å²) < 4.78 is 67.1. The minimum atomic E-state index is -3.00. The number of aliphatic hydroxyl groups is 1. The lowest BCUT2D eigenvalue weighted by molar-refractivity contribution is -0.108. The van der Waals surface area contributed by atoms with Crippen LogP contribution in [0.15, 0.2) is 54.7 Å². The molecular weight excluding hydrogens is 530 g/mol. The van der Waals surface area contributed by atoms with Crippen molar-refractivity contribution in [3.63, 3.8) is 0 Å². The molecule has 11 heteroatoms. The number of nitrogens with one attached hydrogen (secondary N) is 1. The molecule has 40 heavy (non-hydrogen) atoms. The highest BCUT2D eigenvalue weighted by atomic mass is 19.3. The molecule has 0 unspecified atom stereocenters. The van der Waals surface area contributed by atoms with Crippen LogP contribution in [0.5, 0.6) is 5.75 Å². The number of carbonyl (C=O) groups excluding carboxylic acids is 1. The molecule has 3 aromatic rings. The Bertz CT molecular complexity index is 1390. The van der Waals surface area contributed by atoms with Crippen LogP contribution in [0.2, 0.25) is 0 Å². The summed E-state index contributed by atoms with van der Waals surface area (Å²) in [7, 11) is 2.39. The molecule has 2 atom stereocenters. The van der Waals surface area contributed by atoms with Gasteiger partial charge in [0.25, 0.3) is 6.43 Å². The molecule has 0 radical (unpaired) electrons. The third kappa shape index (κ3) is 4.88. The fourth-order valence-electron chi connectivity index (χ4n) is 5.79. The Morgan fingerprint density at radius 2 is 1.88 bits per heavy atom. The van der Waals surface area contributed by atoms with E-state index < -0.39 is 35.7 Å². The number of fused-ring (bicyclic) bond motifs is 2. The van der Waals surface area contributed by atoms with E-state index in [0.717, 1.165) is 17.7 Å². The fourth-order valence-corrected chi connectivity index (χ4v) is 5.79. The topological polar surface area (TPSA) is 83.9 Å². The zero-order valence-electron chi connectivity index (χ0n) is 21.9. The summed E-state index contributed by atoms with van der Waals surface area (Å²) in [6.45, 7) is 0.222. The number of rotatable bonds is 9. The van der Waals surface area contributed by atoms with E-state index in [1.165, 1.54) is 26.5 Å². The number of halogens is 4. The molecule has 0 amide bonds. The van der Waals surface area contributed by atoms with E-state index in [4.69, 9.17) is 9.47 Å². The van der Waals surface area contributed by atoms with Gasteiger partial charge in [0, 0.05) is 30.8 Å². The number of aliphatic hydroxyl groups excluding tert-OH is 1. The minimum absolute atomic E-state index is 0.0111. The van der Waals surface area contributed by atoms with E-state index in [2.05, 4.69) is 10.3 Å². The zero-order chi connectivity index (χ0) is 28.6. The van der Waals surface area contributed by atoms with Crippen LogP contribution < -0.4 is 15.0 Å². The molecule has 2 saturated heterocycles. The lowest BCUT2D eigenvalue weighted by atomic mass is 9.60. The van der Waals surface area contributed by atoms with E-state index in [1.807, 2.05) is 30.3 Å². The largest absolute Gasteiger partial charge is 0.494 e. The number of carbonyl (C=O) groups is 1. The van der Waals surface area contributed by atoms with Crippen LogP contribution in [0.25, 0.3) is 11.3 Å². The molecule has 1 aromatic heterocycles. The standard InChI is InChI=1S/C29H29F4N3O4/c1-39-25-12-21(30)19(10-22(25)31)23-11-20(28(38)40-2)24(14-34-23)36-15-29(26(37)27(32)33,17-8-18(36)9-17)35-13-16-6-4-3-5-7-16/h3-7,10-12,14,17-18,26-27,35,37H,8-9,13,15H2,1-2H3/t17?,18?,26-,29+/m1/s1. The average Bonchev–Trinajstić information content (AvgIpc) is 2.95. The molecule has 1 aliphatic carbocycles. The van der Waals surface area contributed by atoms with Crippen LogP contribution in [0.1, 0.15) is 28.8 Å². The molecule has 7 nitrogen and oxygen atoms in total. The number of ether oxygens (including phenoxy) is 2. The first-order valence-electron chi connectivity index (χ1n) is 12.8. The van der Waals surface area contributed by atoms with Crippen molar-refractivity contribution >= 4 is 11.7 Å². The van der Waals surface area contributed by atoms with Gasteiger partial charge < -0.3 is 24.8 Å². The normalized spacial score (nSPS) is 22.6. The molecular formula is C29H29F4N3O4. The van der Waals surface area contributed by atoms with Gasteiger partial charge in [-0.2, -0.15) is 0 Å². The molecule has 6 rings (SSSR count). The molecule has 2 N–H and O–H groups in total. The van der Waals surface area contributed by atoms with Crippen molar-refractivity contribution < 1.29 is 36.9 Å². The molecule has 3 fully saturated rings. The number of benzene rings is 2. The lowest BCUT2D eigenvalue weighted by Crippen LogP contribution is -2.76. The van der Waals surface area contributed by atoms with Crippen LogP contribution in [0, 0.1) is 17.6 Å². The first-order valence-corrected chi connectivity index (χ1v) is 12.8. The van der Waals surface area contributed by atoms with Crippen LogP contribution in [-0.4, -0.2) is 60.9 Å². The monoisotopic (exact) mass is 559 g/mol. The second-order valence-electron chi connectivity index (χ2n) is 10.2. The van der Waals surface area contributed by atoms with Gasteiger partial charge in [-0.3, -0.25) is 4.98 Å². The summed E-state index contributed by atoms with van der Waals surface area (Å²) in [5.41, 5.74) is -0.420. The maximum Gasteiger partial charge on any atom is 0.340 e. The Kier molecular flexibility index (Phi) is 7.70. The quantitative estimate of drug-likeness (QED) is 0.294. The van der Waals surface area contributed by atoms with E-state index in [-0.39, 0.29) is 47.6 Å². The van der Waals surface area contributed by atoms with Gasteiger partial charge in [0.05, 0.1) is 42.9 Å². The Hall–Kier alpha value is -3.70. The summed E-state index contributed by atoms with van der Waals surface area (Å²) in [5.74, 6) is -2.87. The number of methoxy groups -OCH3 is 2. The molecule has 2 aliphatic heterocycles. The summed E-state index contributed by atoms with van der Waals surface area (Å²) in [5, 5.41) is 14.1. The van der Waals surface area contributed by atoms with Crippen molar-refractivity contribution in [2.75, 3.05) is 25.7 Å². The number of hydrogen-bond acceptors (Lipinski definition) is 7. The third-order valence-corrected chi connectivity index (χ3v) is 8.06. The Labute approximate surface area is 228 Å². The van der Waals surface area contributed by atoms with Gasteiger partial charge in [0.2, 0.25) is 0 Å². The number of pyridine rings is 1. The number of alkyl halides is 2. The zero-order valence-corrected chi connectivity index (χ0v) is 21.9. The molecule has 3 heterocycles. The van der Waals surface area contributed by atoms with Gasteiger partial charge in [-0.25, -0.2) is 22.4 Å². The van der Waals surface area contributed by atoms with Crippen molar-refractivity contribution in [3.05, 3.63) is 77.5 Å². The molecule has 3 aliphatic rings. The van der Waals surface area contributed by atoms with Gasteiger partial charge in [0.15, 0.2) is 11.6 Å². The predicted octanol–water partition coefficient (Wildman–Crippen LogP) is 4.58. The fraction of sp³-hybridized carbons (Fsp3) is 0.379. The number of esters is 1. The second-order valence-corrected chi connectivity index (χ2v) is 10.2. The van der Waals surface area contributed by atoms with Crippen LogP contribution in [-0.2, 0) is 11.3 Å². The maximum absolute atomic E-state index is 14.8. The van der Waals surface area contributed by atoms with Gasteiger partial charge in [-0.1, -0.05) is 30.3 Å². The first kappa shape index (κ1) is 27.9. The predicted molar refractivity (Wildman–Crippen MR) is 139 cm³/mol. The smallest absolute Gasteiger partial charge is 0.340 e. The number of aromatic nitrogens is 1. The molecule has 0 spiro atoms. The third-order valence-electron chi connectivity index (χ3n) is 8.06. The summed E-state index contributed by atoms with van der Waals surface area (Å²) >= 11 is 0. The highest BCUT2D eigenvalue weighted by molar-refractivity contribution is 5.97. The summed E-state index contributed by atoms with van der Waals surface area (Å²) in [6, 6.07) is 12.3. The van der Waals surface area contributed by atoms with E-state index >= 15 is 0 Å². The second kappa shape index (κ2) is 11.1. The van der Waals surface area contributed by atoms with Gasteiger partial charge >= 0.3 is 5.97 Å². The van der Waals surface area contributed by atoms with Crippen LogP contribution in [0.4, 0.5) is 23.2 Å². The SMILES string of the molecule is COC(=O)c1cc(-c2cc(F)c(OC)cc2F)ncc1N1C[C@@](NCc2ccccc2)([C@H](O)C(F)F)C2CC1C2. The van der Waals surface area contributed by atoms with Crippen molar-refractivity contribution in [2.45, 2.75) is 43.5 Å².